The Balaban J connectivity index is 2.40. The van der Waals surface area contributed by atoms with Crippen molar-refractivity contribution in [3.05, 3.63) is 39.1 Å². The third kappa shape index (κ3) is 4.12. The molecule has 0 radical (unpaired) electrons. The predicted molar refractivity (Wildman–Crippen MR) is 101 cm³/mol. The quantitative estimate of drug-likeness (QED) is 0.506. The van der Waals surface area contributed by atoms with Crippen LogP contribution in [-0.2, 0) is 11.2 Å². The Labute approximate surface area is 149 Å². The molecule has 1 heterocycles. The predicted octanol–water partition coefficient (Wildman–Crippen LogP) is 3.83. The molecule has 2 rings (SSSR count). The van der Waals surface area contributed by atoms with E-state index in [1.807, 2.05) is 20.8 Å². The van der Waals surface area contributed by atoms with Crippen molar-refractivity contribution < 1.29 is 9.29 Å². The third-order valence-electron chi connectivity index (χ3n) is 3.58. The standard InChI is InChI=1S/C17H21ClN2O3S/c1-10(19-9-24(22)17(2,3)4)12-6-11-7-13(18)15(23-5)8-14(11)20-16(12)21/h6-10H,1-5H3,(H,20,21)/b19-9+. The van der Waals surface area contributed by atoms with Crippen molar-refractivity contribution in [1.29, 1.82) is 0 Å². The number of hydrogen-bond acceptors (Lipinski definition) is 4. The van der Waals surface area contributed by atoms with Gasteiger partial charge in [-0.2, -0.15) is 0 Å². The second-order valence-electron chi connectivity index (χ2n) is 6.47. The number of ether oxygens (including phenoxy) is 1. The highest BCUT2D eigenvalue weighted by atomic mass is 35.5. The lowest BCUT2D eigenvalue weighted by atomic mass is 10.1. The van der Waals surface area contributed by atoms with Crippen LogP contribution in [0.2, 0.25) is 5.02 Å². The number of halogens is 1. The van der Waals surface area contributed by atoms with Crippen LogP contribution in [-0.4, -0.2) is 26.9 Å². The van der Waals surface area contributed by atoms with E-state index < -0.39 is 17.2 Å². The lowest BCUT2D eigenvalue weighted by Crippen LogP contribution is -2.28. The topological polar surface area (TPSA) is 77.5 Å². The molecule has 0 aliphatic carbocycles. The summed E-state index contributed by atoms with van der Waals surface area (Å²) < 4.78 is 16.8. The van der Waals surface area contributed by atoms with Crippen LogP contribution in [0.5, 0.6) is 5.75 Å². The number of hydrogen-bond donors (Lipinski definition) is 1. The fraction of sp³-hybridized carbons (Fsp3) is 0.412. The first-order chi connectivity index (χ1) is 11.1. The molecule has 0 saturated heterocycles. The minimum absolute atomic E-state index is 0.238. The number of aliphatic imine (C=N–C) groups is 1. The number of methoxy groups -OCH3 is 1. The molecule has 2 atom stereocenters. The smallest absolute Gasteiger partial charge is 0.253 e. The van der Waals surface area contributed by atoms with E-state index in [-0.39, 0.29) is 10.3 Å². The molecule has 0 saturated carbocycles. The van der Waals surface area contributed by atoms with Crippen LogP contribution in [0.4, 0.5) is 0 Å². The Morgan fingerprint density at radius 2 is 2.04 bits per heavy atom. The number of H-pyrrole nitrogens is 1. The molecule has 5 nitrogen and oxygen atoms in total. The van der Waals surface area contributed by atoms with Gasteiger partial charge >= 0.3 is 0 Å². The van der Waals surface area contributed by atoms with Crippen LogP contribution in [0.15, 0.2) is 28.0 Å². The summed E-state index contributed by atoms with van der Waals surface area (Å²) in [4.78, 5) is 19.4. The van der Waals surface area contributed by atoms with Crippen molar-refractivity contribution in [3.8, 4) is 5.75 Å². The van der Waals surface area contributed by atoms with Crippen molar-refractivity contribution in [2.75, 3.05) is 7.11 Å². The number of aromatic nitrogens is 1. The van der Waals surface area contributed by atoms with Crippen LogP contribution in [0.3, 0.4) is 0 Å². The Hall–Kier alpha value is -1.50. The largest absolute Gasteiger partial charge is 0.610 e. The number of fused-ring (bicyclic) bond motifs is 1. The van der Waals surface area contributed by atoms with Crippen molar-refractivity contribution in [2.24, 2.45) is 4.99 Å². The van der Waals surface area contributed by atoms with Gasteiger partial charge in [0.2, 0.25) is 5.55 Å². The first-order valence-electron chi connectivity index (χ1n) is 7.48. The average Bonchev–Trinajstić information content (AvgIpc) is 2.50. The van der Waals surface area contributed by atoms with Crippen LogP contribution in [0.1, 0.15) is 39.3 Å². The molecule has 0 bridgehead atoms. The molecular formula is C17H21ClN2O3S. The summed E-state index contributed by atoms with van der Waals surface area (Å²) in [7, 11) is 1.52. The maximum atomic E-state index is 12.3. The van der Waals surface area contributed by atoms with Gasteiger partial charge in [-0.05, 0) is 39.8 Å². The van der Waals surface area contributed by atoms with Gasteiger partial charge in [0, 0.05) is 28.2 Å². The Morgan fingerprint density at radius 3 is 2.62 bits per heavy atom. The van der Waals surface area contributed by atoms with Gasteiger partial charge in [-0.3, -0.25) is 4.79 Å². The number of aromatic amines is 1. The van der Waals surface area contributed by atoms with Crippen LogP contribution in [0.25, 0.3) is 10.9 Å². The zero-order valence-corrected chi connectivity index (χ0v) is 15.9. The van der Waals surface area contributed by atoms with Gasteiger partial charge in [-0.1, -0.05) is 11.6 Å². The van der Waals surface area contributed by atoms with Crippen LogP contribution < -0.4 is 10.3 Å². The number of nitrogens with zero attached hydrogens (tertiary/aromatic N) is 1. The van der Waals surface area contributed by atoms with Crippen LogP contribution >= 0.6 is 11.6 Å². The first-order valence-corrected chi connectivity index (χ1v) is 9.07. The van der Waals surface area contributed by atoms with E-state index in [0.29, 0.717) is 21.9 Å². The van der Waals surface area contributed by atoms with Crippen molar-refractivity contribution in [1.82, 2.24) is 4.98 Å². The van der Waals surface area contributed by atoms with Gasteiger partial charge in [-0.25, -0.2) is 4.99 Å². The SMILES string of the molecule is COc1cc2[nH]c(=O)c(C(C)/N=C/[S+]([O-])C(C)(C)C)cc2cc1Cl. The van der Waals surface area contributed by atoms with Crippen molar-refractivity contribution in [2.45, 2.75) is 38.5 Å². The van der Waals surface area contributed by atoms with Gasteiger partial charge in [-0.15, -0.1) is 0 Å². The van der Waals surface area contributed by atoms with Gasteiger partial charge in [0.05, 0.1) is 23.7 Å². The molecule has 0 aliphatic rings. The molecule has 1 N–H and O–H groups in total. The lowest BCUT2D eigenvalue weighted by Gasteiger charge is -2.20. The van der Waals surface area contributed by atoms with Crippen LogP contribution in [0, 0.1) is 0 Å². The second kappa shape index (κ2) is 7.17. The number of pyridine rings is 1. The minimum atomic E-state index is -1.21. The van der Waals surface area contributed by atoms with Gasteiger partial charge in [0.1, 0.15) is 10.5 Å². The molecule has 0 aliphatic heterocycles. The van der Waals surface area contributed by atoms with Gasteiger partial charge in [0.15, 0.2) is 0 Å². The maximum absolute atomic E-state index is 12.3. The fourth-order valence-corrected chi connectivity index (χ4v) is 2.93. The summed E-state index contributed by atoms with van der Waals surface area (Å²) in [5.74, 6) is 0.499. The molecule has 0 fully saturated rings. The Morgan fingerprint density at radius 1 is 1.38 bits per heavy atom. The number of nitrogens with one attached hydrogen (secondary N) is 1. The molecule has 2 aromatic rings. The molecule has 0 amide bonds. The first kappa shape index (κ1) is 18.8. The Kier molecular flexibility index (Phi) is 5.63. The summed E-state index contributed by atoms with van der Waals surface area (Å²) >= 11 is 4.93. The van der Waals surface area contributed by atoms with E-state index in [9.17, 15) is 9.35 Å². The van der Waals surface area contributed by atoms with Gasteiger partial charge in [0.25, 0.3) is 5.56 Å². The number of rotatable bonds is 4. The highest BCUT2D eigenvalue weighted by Crippen LogP contribution is 2.29. The van der Waals surface area contributed by atoms with E-state index >= 15 is 0 Å². The molecule has 130 valence electrons. The van der Waals surface area contributed by atoms with E-state index in [1.165, 1.54) is 12.7 Å². The maximum Gasteiger partial charge on any atom is 0.253 e. The highest BCUT2D eigenvalue weighted by Gasteiger charge is 2.24. The lowest BCUT2D eigenvalue weighted by molar-refractivity contribution is 0.415. The minimum Gasteiger partial charge on any atom is -0.610 e. The van der Waals surface area contributed by atoms with E-state index in [4.69, 9.17) is 16.3 Å². The normalized spacial score (nSPS) is 15.0. The van der Waals surface area contributed by atoms with E-state index in [1.54, 1.807) is 25.1 Å². The zero-order valence-electron chi connectivity index (χ0n) is 14.3. The van der Waals surface area contributed by atoms with E-state index in [0.717, 1.165) is 5.39 Å². The highest BCUT2D eigenvalue weighted by molar-refractivity contribution is 8.05. The van der Waals surface area contributed by atoms with E-state index in [2.05, 4.69) is 9.98 Å². The molecule has 7 heteroatoms. The third-order valence-corrected chi connectivity index (χ3v) is 5.39. The number of benzene rings is 1. The average molecular weight is 369 g/mol. The molecular weight excluding hydrogens is 348 g/mol. The molecule has 1 aromatic heterocycles. The summed E-state index contributed by atoms with van der Waals surface area (Å²) in [6.07, 6.45) is 0. The molecule has 24 heavy (non-hydrogen) atoms. The fourth-order valence-electron chi connectivity index (χ4n) is 2.08. The van der Waals surface area contributed by atoms with Crippen molar-refractivity contribution >= 4 is 39.2 Å². The Bertz CT molecular complexity index is 827. The zero-order chi connectivity index (χ0) is 18.1. The second-order valence-corrected chi connectivity index (χ2v) is 8.91. The monoisotopic (exact) mass is 368 g/mol. The summed E-state index contributed by atoms with van der Waals surface area (Å²) in [5, 5.41) is 1.25. The van der Waals surface area contributed by atoms with Gasteiger partial charge < -0.3 is 14.3 Å². The summed E-state index contributed by atoms with van der Waals surface area (Å²) in [5.41, 5.74) is 2.30. The van der Waals surface area contributed by atoms with Crippen molar-refractivity contribution in [3.63, 3.8) is 0 Å². The summed E-state index contributed by atoms with van der Waals surface area (Å²) in [6, 6.07) is 4.76. The summed E-state index contributed by atoms with van der Waals surface area (Å²) in [6.45, 7) is 7.41. The molecule has 0 spiro atoms. The molecule has 2 unspecified atom stereocenters. The molecule has 1 aromatic carbocycles.